The Balaban J connectivity index is 3.23. The lowest BCUT2D eigenvalue weighted by Gasteiger charge is -2.13. The molecule has 0 aliphatic rings. The van der Waals surface area contributed by atoms with Gasteiger partial charge in [-0.3, -0.25) is 4.79 Å². The molecule has 88 valence electrons. The van der Waals surface area contributed by atoms with Gasteiger partial charge in [0.15, 0.2) is 0 Å². The number of carbonyl (C=O) groups is 1. The first kappa shape index (κ1) is 15.1. The van der Waals surface area contributed by atoms with E-state index in [1.165, 1.54) is 24.3 Å². The number of sulfone groups is 1. The summed E-state index contributed by atoms with van der Waals surface area (Å²) in [6, 6.07) is 5.72. The molecule has 0 saturated carbocycles. The van der Waals surface area contributed by atoms with Crippen molar-refractivity contribution in [3.05, 3.63) is 29.8 Å². The number of carbonyl (C=O) groups excluding carboxylic acids is 1. The summed E-state index contributed by atoms with van der Waals surface area (Å²) in [5.74, 6) is 0. The molecule has 0 heterocycles. The van der Waals surface area contributed by atoms with Crippen LogP contribution in [0.2, 0.25) is 0 Å². The van der Waals surface area contributed by atoms with Gasteiger partial charge in [-0.05, 0) is 72.1 Å². The van der Waals surface area contributed by atoms with Crippen molar-refractivity contribution in [1.29, 1.82) is 0 Å². The van der Waals surface area contributed by atoms with Crippen molar-refractivity contribution in [2.75, 3.05) is 0 Å². The van der Waals surface area contributed by atoms with Crippen LogP contribution in [-0.4, -0.2) is 13.7 Å². The maximum atomic E-state index is 11.9. The molecule has 0 unspecified atom stereocenters. The Kier molecular flexibility index (Phi) is 5.02. The SMILES string of the molecule is O=C(I)c1ccc(S(=O)(=O)C(Br)(Br)Br)cc1. The Bertz CT molecular complexity index is 504. The first-order valence-electron chi connectivity index (χ1n) is 3.77. The Labute approximate surface area is 132 Å². The fraction of sp³-hybridized carbons (Fsp3) is 0.125. The quantitative estimate of drug-likeness (QED) is 0.322. The first-order chi connectivity index (χ1) is 7.16. The van der Waals surface area contributed by atoms with Crippen LogP contribution >= 0.6 is 70.4 Å². The van der Waals surface area contributed by atoms with E-state index in [0.29, 0.717) is 5.56 Å². The predicted octanol–water partition coefficient (Wildman–Crippen LogP) is 3.83. The highest BCUT2D eigenvalue weighted by atomic mass is 127. The molecule has 0 spiro atoms. The number of benzene rings is 1. The minimum absolute atomic E-state index is 0.111. The molecule has 1 aromatic rings. The van der Waals surface area contributed by atoms with Gasteiger partial charge in [-0.25, -0.2) is 8.42 Å². The molecule has 0 amide bonds. The Morgan fingerprint density at radius 1 is 1.12 bits per heavy atom. The van der Waals surface area contributed by atoms with Crippen LogP contribution in [0, 0.1) is 0 Å². The topological polar surface area (TPSA) is 51.2 Å². The van der Waals surface area contributed by atoms with Gasteiger partial charge in [0.2, 0.25) is 15.1 Å². The average molecular weight is 547 g/mol. The third kappa shape index (κ3) is 3.27. The zero-order chi connectivity index (χ0) is 12.6. The van der Waals surface area contributed by atoms with Crippen LogP contribution in [0.5, 0.6) is 0 Å². The average Bonchev–Trinajstić information content (AvgIpc) is 2.16. The third-order valence-electron chi connectivity index (χ3n) is 1.70. The van der Waals surface area contributed by atoms with Crippen molar-refractivity contribution in [2.45, 2.75) is 6.37 Å². The van der Waals surface area contributed by atoms with Gasteiger partial charge >= 0.3 is 0 Å². The second-order valence-electron chi connectivity index (χ2n) is 2.75. The van der Waals surface area contributed by atoms with Crippen molar-refractivity contribution in [3.8, 4) is 0 Å². The molecule has 0 bridgehead atoms. The largest absolute Gasteiger partial charge is 0.282 e. The summed E-state index contributed by atoms with van der Waals surface area (Å²) in [7, 11) is -3.58. The zero-order valence-electron chi connectivity index (χ0n) is 7.45. The van der Waals surface area contributed by atoms with Crippen molar-refractivity contribution in [2.24, 2.45) is 0 Å². The maximum absolute atomic E-state index is 11.9. The number of rotatable bonds is 2. The molecule has 0 saturated heterocycles. The number of hydrogen-bond acceptors (Lipinski definition) is 3. The Morgan fingerprint density at radius 3 is 1.88 bits per heavy atom. The van der Waals surface area contributed by atoms with Crippen LogP contribution in [0.1, 0.15) is 10.4 Å². The second kappa shape index (κ2) is 5.33. The van der Waals surface area contributed by atoms with Crippen molar-refractivity contribution in [1.82, 2.24) is 0 Å². The first-order valence-corrected chi connectivity index (χ1v) is 8.71. The molecule has 0 N–H and O–H groups in total. The molecule has 1 aromatic carbocycles. The lowest BCUT2D eigenvalue weighted by atomic mass is 10.2. The molecule has 0 aromatic heterocycles. The van der Waals surface area contributed by atoms with E-state index in [1.54, 1.807) is 22.6 Å². The monoisotopic (exact) mass is 544 g/mol. The molecule has 0 radical (unpaired) electrons. The van der Waals surface area contributed by atoms with E-state index >= 15 is 0 Å². The molecular formula is C8H4Br3IO3S. The summed E-state index contributed by atoms with van der Waals surface area (Å²) in [5.41, 5.74) is 0.462. The summed E-state index contributed by atoms with van der Waals surface area (Å²) in [4.78, 5) is 11.1. The van der Waals surface area contributed by atoms with Crippen LogP contribution in [0.4, 0.5) is 0 Å². The third-order valence-corrected chi connectivity index (χ3v) is 7.66. The van der Waals surface area contributed by atoms with Crippen LogP contribution in [-0.2, 0) is 9.84 Å². The molecule has 0 atom stereocenters. The summed E-state index contributed by atoms with van der Waals surface area (Å²) in [6.07, 6.45) is 0. The van der Waals surface area contributed by atoms with Gasteiger partial charge in [0, 0.05) is 28.2 Å². The second-order valence-corrected chi connectivity index (χ2v) is 14.2. The summed E-state index contributed by atoms with van der Waals surface area (Å²) >= 11 is 10.5. The minimum Gasteiger partial charge on any atom is -0.282 e. The van der Waals surface area contributed by atoms with E-state index in [-0.39, 0.29) is 8.69 Å². The normalized spacial score (nSPS) is 12.5. The number of alkyl halides is 3. The van der Waals surface area contributed by atoms with Crippen LogP contribution < -0.4 is 0 Å². The van der Waals surface area contributed by atoms with Crippen molar-refractivity contribution < 1.29 is 13.2 Å². The number of halogens is 4. The Morgan fingerprint density at radius 2 is 1.56 bits per heavy atom. The van der Waals surface area contributed by atoms with Gasteiger partial charge in [-0.1, -0.05) is 0 Å². The molecule has 0 aliphatic carbocycles. The minimum atomic E-state index is -3.58. The lowest BCUT2D eigenvalue weighted by molar-refractivity contribution is 0.110. The van der Waals surface area contributed by atoms with Gasteiger partial charge in [-0.15, -0.1) is 0 Å². The Hall–Kier alpha value is 1.01. The van der Waals surface area contributed by atoms with Crippen molar-refractivity contribution >= 4 is 84.0 Å². The van der Waals surface area contributed by atoms with E-state index in [1.807, 2.05) is 0 Å². The van der Waals surface area contributed by atoms with E-state index in [2.05, 4.69) is 47.8 Å². The summed E-state index contributed by atoms with van der Waals surface area (Å²) in [6.45, 7) is 0. The predicted molar refractivity (Wildman–Crippen MR) is 81.5 cm³/mol. The summed E-state index contributed by atoms with van der Waals surface area (Å²) in [5, 5.41) is 0. The van der Waals surface area contributed by atoms with E-state index in [0.717, 1.165) is 0 Å². The molecule has 8 heteroatoms. The molecule has 0 fully saturated rings. The van der Waals surface area contributed by atoms with Gasteiger partial charge in [0.25, 0.3) is 0 Å². The molecule has 1 rings (SSSR count). The van der Waals surface area contributed by atoms with Crippen LogP contribution in [0.3, 0.4) is 0 Å². The summed E-state index contributed by atoms with van der Waals surface area (Å²) < 4.78 is 22.3. The highest BCUT2D eigenvalue weighted by Crippen LogP contribution is 2.43. The fourth-order valence-electron chi connectivity index (χ4n) is 0.899. The van der Waals surface area contributed by atoms with Gasteiger partial charge in [-0.2, -0.15) is 0 Å². The molecule has 0 aliphatic heterocycles. The highest BCUT2D eigenvalue weighted by molar-refractivity contribution is 14.1. The van der Waals surface area contributed by atoms with Gasteiger partial charge in [0.1, 0.15) is 0 Å². The van der Waals surface area contributed by atoms with Gasteiger partial charge < -0.3 is 0 Å². The van der Waals surface area contributed by atoms with E-state index in [4.69, 9.17) is 0 Å². The highest BCUT2D eigenvalue weighted by Gasteiger charge is 2.37. The van der Waals surface area contributed by atoms with Gasteiger partial charge in [0.05, 0.1) is 4.90 Å². The van der Waals surface area contributed by atoms with E-state index in [9.17, 15) is 13.2 Å². The maximum Gasteiger partial charge on any atom is 0.239 e. The molecule has 3 nitrogen and oxygen atoms in total. The molecular weight excluding hydrogens is 543 g/mol. The molecule has 16 heavy (non-hydrogen) atoms. The number of hydrogen-bond donors (Lipinski definition) is 0. The lowest BCUT2D eigenvalue weighted by Crippen LogP contribution is -2.17. The van der Waals surface area contributed by atoms with Crippen LogP contribution in [0.15, 0.2) is 29.2 Å². The van der Waals surface area contributed by atoms with E-state index < -0.39 is 11.3 Å². The zero-order valence-corrected chi connectivity index (χ0v) is 15.2. The van der Waals surface area contributed by atoms with Crippen molar-refractivity contribution in [3.63, 3.8) is 0 Å². The smallest absolute Gasteiger partial charge is 0.239 e. The van der Waals surface area contributed by atoms with Crippen LogP contribution in [0.25, 0.3) is 0 Å². The fourth-order valence-corrected chi connectivity index (χ4v) is 3.70. The standard InChI is InChI=1S/C8H4Br3IO3S/c9-8(10,11)16(14,15)6-3-1-5(2-4-6)7(12)13/h1-4H.